The van der Waals surface area contributed by atoms with Crippen LogP contribution in [0.25, 0.3) is 0 Å². The maximum Gasteiger partial charge on any atom is 0.233 e. The van der Waals surface area contributed by atoms with Gasteiger partial charge in [-0.25, -0.2) is 0 Å². The van der Waals surface area contributed by atoms with Crippen molar-refractivity contribution in [2.45, 2.75) is 13.5 Å². The molecule has 1 aromatic rings. The van der Waals surface area contributed by atoms with E-state index < -0.39 is 0 Å². The van der Waals surface area contributed by atoms with Gasteiger partial charge < -0.3 is 15.2 Å². The van der Waals surface area contributed by atoms with Gasteiger partial charge in [-0.15, -0.1) is 0 Å². The zero-order valence-electron chi connectivity index (χ0n) is 12.8. The Morgan fingerprint density at radius 1 is 1.48 bits per heavy atom. The molecule has 5 heteroatoms. The van der Waals surface area contributed by atoms with Gasteiger partial charge in [0.25, 0.3) is 0 Å². The van der Waals surface area contributed by atoms with Crippen LogP contribution in [0.1, 0.15) is 18.1 Å². The molecule has 0 radical (unpaired) electrons. The second-order valence-electron chi connectivity index (χ2n) is 4.46. The first-order valence-corrected chi connectivity index (χ1v) is 6.84. The van der Waals surface area contributed by atoms with Crippen molar-refractivity contribution in [3.63, 3.8) is 0 Å². The topological polar surface area (TPSA) is 61.8 Å². The van der Waals surface area contributed by atoms with Gasteiger partial charge in [-0.3, -0.25) is 9.69 Å². The third kappa shape index (κ3) is 5.46. The van der Waals surface area contributed by atoms with Gasteiger partial charge in [-0.05, 0) is 30.3 Å². The molecule has 0 spiro atoms. The highest BCUT2D eigenvalue weighted by Crippen LogP contribution is 2.19. The van der Waals surface area contributed by atoms with Crippen molar-refractivity contribution in [3.05, 3.63) is 29.3 Å². The first kappa shape index (κ1) is 17.0. The van der Waals surface area contributed by atoms with Crippen LogP contribution in [0.5, 0.6) is 5.75 Å². The molecule has 0 fully saturated rings. The standard InChI is InChI=1S/C16H22N2O3/c1-4-18(12-16(20)17-2)11-14-10-15(21-3)8-7-13(14)6-5-9-19/h7-8,10,19H,4,9,11-12H2,1-3H3,(H,17,20). The van der Waals surface area contributed by atoms with Gasteiger partial charge in [-0.2, -0.15) is 0 Å². The fraction of sp³-hybridized carbons (Fsp3) is 0.438. The maximum atomic E-state index is 11.5. The monoisotopic (exact) mass is 290 g/mol. The lowest BCUT2D eigenvalue weighted by Crippen LogP contribution is -2.35. The number of methoxy groups -OCH3 is 1. The lowest BCUT2D eigenvalue weighted by molar-refractivity contribution is -0.121. The molecule has 0 heterocycles. The van der Waals surface area contributed by atoms with Crippen molar-refractivity contribution < 1.29 is 14.6 Å². The van der Waals surface area contributed by atoms with Crippen LogP contribution >= 0.6 is 0 Å². The van der Waals surface area contributed by atoms with Gasteiger partial charge in [0.15, 0.2) is 0 Å². The molecule has 21 heavy (non-hydrogen) atoms. The summed E-state index contributed by atoms with van der Waals surface area (Å²) in [5.74, 6) is 6.30. The van der Waals surface area contributed by atoms with Crippen molar-refractivity contribution in [1.29, 1.82) is 0 Å². The number of hydrogen-bond acceptors (Lipinski definition) is 4. The summed E-state index contributed by atoms with van der Waals surface area (Å²) in [6.45, 7) is 3.49. The second kappa shape index (κ2) is 9.01. The van der Waals surface area contributed by atoms with Gasteiger partial charge in [-0.1, -0.05) is 18.8 Å². The smallest absolute Gasteiger partial charge is 0.233 e. The number of rotatable bonds is 6. The molecule has 2 N–H and O–H groups in total. The van der Waals surface area contributed by atoms with Crippen LogP contribution in [0.2, 0.25) is 0 Å². The molecule has 114 valence electrons. The van der Waals surface area contributed by atoms with Crippen LogP contribution in [-0.4, -0.2) is 49.8 Å². The van der Waals surface area contributed by atoms with Crippen LogP contribution in [0, 0.1) is 11.8 Å². The van der Waals surface area contributed by atoms with Gasteiger partial charge in [0, 0.05) is 19.2 Å². The van der Waals surface area contributed by atoms with Crippen molar-refractivity contribution in [2.24, 2.45) is 0 Å². The molecule has 0 atom stereocenters. The Balaban J connectivity index is 2.99. The largest absolute Gasteiger partial charge is 0.497 e. The number of carbonyl (C=O) groups is 1. The fourth-order valence-corrected chi connectivity index (χ4v) is 1.89. The zero-order chi connectivity index (χ0) is 15.7. The maximum absolute atomic E-state index is 11.5. The Morgan fingerprint density at radius 3 is 2.81 bits per heavy atom. The number of ether oxygens (including phenoxy) is 1. The summed E-state index contributed by atoms with van der Waals surface area (Å²) in [5.41, 5.74) is 1.81. The Labute approximate surface area is 125 Å². The van der Waals surface area contributed by atoms with Crippen LogP contribution in [0.3, 0.4) is 0 Å². The Bertz CT molecular complexity index is 532. The quantitative estimate of drug-likeness (QED) is 0.754. The van der Waals surface area contributed by atoms with Crippen LogP contribution in [-0.2, 0) is 11.3 Å². The minimum absolute atomic E-state index is 0.0252. The van der Waals surface area contributed by atoms with Crippen LogP contribution < -0.4 is 10.1 Å². The molecule has 0 aliphatic heterocycles. The molecule has 0 aromatic heterocycles. The zero-order valence-corrected chi connectivity index (χ0v) is 12.8. The van der Waals surface area contributed by atoms with E-state index in [0.29, 0.717) is 13.1 Å². The highest BCUT2D eigenvalue weighted by molar-refractivity contribution is 5.77. The van der Waals surface area contributed by atoms with Gasteiger partial charge >= 0.3 is 0 Å². The summed E-state index contributed by atoms with van der Waals surface area (Å²) in [4.78, 5) is 13.5. The van der Waals surface area contributed by atoms with Crippen LogP contribution in [0.15, 0.2) is 18.2 Å². The van der Waals surface area contributed by atoms with E-state index in [-0.39, 0.29) is 12.5 Å². The number of nitrogens with zero attached hydrogens (tertiary/aromatic N) is 1. The Morgan fingerprint density at radius 2 is 2.24 bits per heavy atom. The lowest BCUT2D eigenvalue weighted by Gasteiger charge is -2.20. The average Bonchev–Trinajstić information content (AvgIpc) is 2.52. The molecule has 0 saturated carbocycles. The van der Waals surface area contributed by atoms with E-state index in [9.17, 15) is 4.79 Å². The first-order valence-electron chi connectivity index (χ1n) is 6.84. The van der Waals surface area contributed by atoms with Gasteiger partial charge in [0.1, 0.15) is 12.4 Å². The number of aliphatic hydroxyl groups excluding tert-OH is 1. The van der Waals surface area contributed by atoms with Crippen molar-refractivity contribution >= 4 is 5.91 Å². The predicted octanol–water partition coefficient (Wildman–Crippen LogP) is 0.607. The molecular formula is C16H22N2O3. The number of nitrogens with one attached hydrogen (secondary N) is 1. The van der Waals surface area contributed by atoms with E-state index in [0.717, 1.165) is 23.4 Å². The van der Waals surface area contributed by atoms with E-state index in [2.05, 4.69) is 17.2 Å². The molecule has 0 aliphatic carbocycles. The molecule has 0 unspecified atom stereocenters. The molecule has 5 nitrogen and oxygen atoms in total. The molecule has 0 bridgehead atoms. The number of benzene rings is 1. The van der Waals surface area contributed by atoms with Crippen molar-refractivity contribution in [2.75, 3.05) is 33.9 Å². The number of likely N-dealkylation sites (N-methyl/N-ethyl adjacent to an activating group) is 2. The molecule has 1 amide bonds. The normalized spacial score (nSPS) is 9.95. The predicted molar refractivity (Wildman–Crippen MR) is 82.0 cm³/mol. The molecule has 0 saturated heterocycles. The minimum Gasteiger partial charge on any atom is -0.497 e. The number of carbonyl (C=O) groups excluding carboxylic acids is 1. The third-order valence-electron chi connectivity index (χ3n) is 3.10. The van der Waals surface area contributed by atoms with Crippen molar-refractivity contribution in [1.82, 2.24) is 10.2 Å². The average molecular weight is 290 g/mol. The highest BCUT2D eigenvalue weighted by Gasteiger charge is 2.11. The van der Waals surface area contributed by atoms with E-state index in [1.165, 1.54) is 0 Å². The third-order valence-corrected chi connectivity index (χ3v) is 3.10. The summed E-state index contributed by atoms with van der Waals surface area (Å²) in [7, 11) is 3.24. The van der Waals surface area contributed by atoms with Crippen molar-refractivity contribution in [3.8, 4) is 17.6 Å². The molecule has 1 aromatic carbocycles. The SMILES string of the molecule is CCN(CC(=O)NC)Cc1cc(OC)ccc1C#CCO. The van der Waals surface area contributed by atoms with Gasteiger partial charge in [0.05, 0.1) is 13.7 Å². The summed E-state index contributed by atoms with van der Waals surface area (Å²) in [5, 5.41) is 11.5. The highest BCUT2D eigenvalue weighted by atomic mass is 16.5. The molecule has 0 aliphatic rings. The summed E-state index contributed by atoms with van der Waals surface area (Å²) >= 11 is 0. The Hall–Kier alpha value is -2.03. The fourth-order valence-electron chi connectivity index (χ4n) is 1.89. The van der Waals surface area contributed by atoms with E-state index >= 15 is 0 Å². The van der Waals surface area contributed by atoms with E-state index in [4.69, 9.17) is 9.84 Å². The minimum atomic E-state index is -0.179. The van der Waals surface area contributed by atoms with Gasteiger partial charge in [0.2, 0.25) is 5.91 Å². The van der Waals surface area contributed by atoms with Crippen LogP contribution in [0.4, 0.5) is 0 Å². The first-order chi connectivity index (χ1) is 10.1. The number of aliphatic hydroxyl groups is 1. The summed E-state index contributed by atoms with van der Waals surface area (Å²) in [6, 6.07) is 5.61. The number of amides is 1. The van der Waals surface area contributed by atoms with E-state index in [1.807, 2.05) is 30.0 Å². The second-order valence-corrected chi connectivity index (χ2v) is 4.46. The summed E-state index contributed by atoms with van der Waals surface area (Å²) in [6.07, 6.45) is 0. The lowest BCUT2D eigenvalue weighted by atomic mass is 10.1. The Kier molecular flexibility index (Phi) is 7.30. The molecule has 1 rings (SSSR count). The molecular weight excluding hydrogens is 268 g/mol. The van der Waals surface area contributed by atoms with E-state index in [1.54, 1.807) is 14.2 Å². The number of hydrogen-bond donors (Lipinski definition) is 2. The summed E-state index contributed by atoms with van der Waals surface area (Å²) < 4.78 is 5.24.